The fraction of sp³-hybridized carbons (Fsp3) is 0.917. The molecule has 0 heterocycles. The lowest BCUT2D eigenvalue weighted by Gasteiger charge is -2.22. The minimum atomic E-state index is -0.363. The average molecular weight is 215 g/mol. The van der Waals surface area contributed by atoms with Crippen LogP contribution in [0.4, 0.5) is 0 Å². The number of nitrogens with one attached hydrogen (secondary N) is 1. The first-order valence-electron chi connectivity index (χ1n) is 5.77. The van der Waals surface area contributed by atoms with Crippen LogP contribution < -0.4 is 5.32 Å². The second-order valence-corrected chi connectivity index (χ2v) is 4.63. The third kappa shape index (κ3) is 6.50. The van der Waals surface area contributed by atoms with Gasteiger partial charge >= 0.3 is 0 Å². The van der Waals surface area contributed by atoms with Gasteiger partial charge < -0.3 is 10.1 Å². The first-order chi connectivity index (χ1) is 6.95. The molecular formula is C12H25NO2. The molecule has 0 radical (unpaired) electrons. The number of rotatable bonds is 7. The van der Waals surface area contributed by atoms with Crippen LogP contribution in [0.25, 0.3) is 0 Å². The van der Waals surface area contributed by atoms with Crippen LogP contribution in [-0.4, -0.2) is 25.2 Å². The Bertz CT molecular complexity index is 186. The highest BCUT2D eigenvalue weighted by atomic mass is 16.5. The summed E-state index contributed by atoms with van der Waals surface area (Å²) < 4.78 is 5.21. The highest BCUT2D eigenvalue weighted by Crippen LogP contribution is 2.12. The molecule has 0 spiro atoms. The maximum absolute atomic E-state index is 11.6. The minimum Gasteiger partial charge on any atom is -0.378 e. The van der Waals surface area contributed by atoms with Crippen LogP contribution in [0.2, 0.25) is 0 Å². The molecule has 0 aromatic carbocycles. The van der Waals surface area contributed by atoms with Crippen molar-refractivity contribution in [3.63, 3.8) is 0 Å². The maximum Gasteiger partial charge on any atom is 0.222 e. The van der Waals surface area contributed by atoms with Crippen molar-refractivity contribution >= 4 is 5.91 Å². The fourth-order valence-corrected chi connectivity index (χ4v) is 1.36. The van der Waals surface area contributed by atoms with Crippen molar-refractivity contribution < 1.29 is 9.53 Å². The summed E-state index contributed by atoms with van der Waals surface area (Å²) in [6, 6.07) is 0. The van der Waals surface area contributed by atoms with Gasteiger partial charge in [-0.2, -0.15) is 0 Å². The van der Waals surface area contributed by atoms with Crippen molar-refractivity contribution in [1.29, 1.82) is 0 Å². The second kappa shape index (κ2) is 6.83. The molecule has 0 aliphatic carbocycles. The summed E-state index contributed by atoms with van der Waals surface area (Å²) in [5.74, 6) is 0.674. The summed E-state index contributed by atoms with van der Waals surface area (Å²) in [6.45, 7) is 8.93. The molecule has 0 fully saturated rings. The predicted molar refractivity (Wildman–Crippen MR) is 62.8 cm³/mol. The monoisotopic (exact) mass is 215 g/mol. The molecule has 0 aromatic heterocycles. The molecule has 0 bridgehead atoms. The number of ether oxygens (including phenoxy) is 1. The second-order valence-electron chi connectivity index (χ2n) is 4.63. The Hall–Kier alpha value is -0.570. The van der Waals surface area contributed by atoms with Crippen molar-refractivity contribution in [3.8, 4) is 0 Å². The number of carbonyl (C=O) groups excluding carboxylic acids is 1. The SMILES string of the molecule is CCC(CC)CNC(=O)CC(C)(C)OC. The maximum atomic E-state index is 11.6. The van der Waals surface area contributed by atoms with Gasteiger partial charge in [-0.05, 0) is 19.8 Å². The molecule has 0 rings (SSSR count). The Kier molecular flexibility index (Phi) is 6.57. The van der Waals surface area contributed by atoms with Crippen molar-refractivity contribution in [1.82, 2.24) is 5.32 Å². The van der Waals surface area contributed by atoms with Gasteiger partial charge in [-0.25, -0.2) is 0 Å². The summed E-state index contributed by atoms with van der Waals surface area (Å²) in [6.07, 6.45) is 2.65. The molecule has 0 aliphatic heterocycles. The van der Waals surface area contributed by atoms with Crippen LogP contribution in [0.5, 0.6) is 0 Å². The Labute approximate surface area is 93.6 Å². The number of amides is 1. The van der Waals surface area contributed by atoms with Crippen LogP contribution in [0.15, 0.2) is 0 Å². The Balaban J connectivity index is 3.84. The molecule has 0 saturated heterocycles. The normalized spacial score (nSPS) is 11.9. The molecule has 0 atom stereocenters. The summed E-state index contributed by atoms with van der Waals surface area (Å²) in [4.78, 5) is 11.6. The zero-order valence-electron chi connectivity index (χ0n) is 10.7. The lowest BCUT2D eigenvalue weighted by atomic mass is 10.0. The van der Waals surface area contributed by atoms with E-state index in [9.17, 15) is 4.79 Å². The van der Waals surface area contributed by atoms with Gasteiger partial charge in [0.05, 0.1) is 12.0 Å². The quantitative estimate of drug-likeness (QED) is 0.708. The summed E-state index contributed by atoms with van der Waals surface area (Å²) in [7, 11) is 1.63. The van der Waals surface area contributed by atoms with Crippen molar-refractivity contribution in [2.75, 3.05) is 13.7 Å². The van der Waals surface area contributed by atoms with Gasteiger partial charge in [0, 0.05) is 13.7 Å². The van der Waals surface area contributed by atoms with Crippen LogP contribution in [0.3, 0.4) is 0 Å². The third-order valence-electron chi connectivity index (χ3n) is 2.88. The number of hydrogen-bond acceptors (Lipinski definition) is 2. The Morgan fingerprint density at radius 2 is 1.87 bits per heavy atom. The topological polar surface area (TPSA) is 38.3 Å². The third-order valence-corrected chi connectivity index (χ3v) is 2.88. The first kappa shape index (κ1) is 14.4. The lowest BCUT2D eigenvalue weighted by molar-refractivity contribution is -0.126. The smallest absolute Gasteiger partial charge is 0.222 e. The van der Waals surface area contributed by atoms with E-state index in [-0.39, 0.29) is 11.5 Å². The molecule has 1 amide bonds. The Morgan fingerprint density at radius 1 is 1.33 bits per heavy atom. The molecule has 3 heteroatoms. The van der Waals surface area contributed by atoms with E-state index >= 15 is 0 Å². The van der Waals surface area contributed by atoms with E-state index in [2.05, 4.69) is 19.2 Å². The molecule has 0 saturated carbocycles. The summed E-state index contributed by atoms with van der Waals surface area (Å²) in [5, 5.41) is 2.96. The van der Waals surface area contributed by atoms with E-state index in [0.717, 1.165) is 19.4 Å². The zero-order chi connectivity index (χ0) is 11.9. The Morgan fingerprint density at radius 3 is 2.27 bits per heavy atom. The molecule has 90 valence electrons. The van der Waals surface area contributed by atoms with Crippen LogP contribution >= 0.6 is 0 Å². The zero-order valence-corrected chi connectivity index (χ0v) is 10.7. The molecule has 0 aromatic rings. The summed E-state index contributed by atoms with van der Waals surface area (Å²) >= 11 is 0. The molecular weight excluding hydrogens is 190 g/mol. The van der Waals surface area contributed by atoms with Crippen LogP contribution in [-0.2, 0) is 9.53 Å². The van der Waals surface area contributed by atoms with E-state index in [1.54, 1.807) is 7.11 Å². The molecule has 1 N–H and O–H groups in total. The summed E-state index contributed by atoms with van der Waals surface area (Å²) in [5.41, 5.74) is -0.363. The number of hydrogen-bond donors (Lipinski definition) is 1. The van der Waals surface area contributed by atoms with E-state index in [4.69, 9.17) is 4.74 Å². The highest BCUT2D eigenvalue weighted by Gasteiger charge is 2.21. The van der Waals surface area contributed by atoms with E-state index in [1.807, 2.05) is 13.8 Å². The highest BCUT2D eigenvalue weighted by molar-refractivity contribution is 5.76. The molecule has 0 aliphatic rings. The fourth-order valence-electron chi connectivity index (χ4n) is 1.36. The van der Waals surface area contributed by atoms with Crippen molar-refractivity contribution in [3.05, 3.63) is 0 Å². The largest absolute Gasteiger partial charge is 0.378 e. The first-order valence-corrected chi connectivity index (χ1v) is 5.77. The average Bonchev–Trinajstić information content (AvgIpc) is 2.19. The lowest BCUT2D eigenvalue weighted by Crippen LogP contribution is -2.35. The van der Waals surface area contributed by atoms with Gasteiger partial charge in [-0.1, -0.05) is 26.7 Å². The predicted octanol–water partition coefficient (Wildman–Crippen LogP) is 2.35. The van der Waals surface area contributed by atoms with E-state index < -0.39 is 0 Å². The van der Waals surface area contributed by atoms with Gasteiger partial charge in [0.1, 0.15) is 0 Å². The van der Waals surface area contributed by atoms with E-state index in [0.29, 0.717) is 12.3 Å². The van der Waals surface area contributed by atoms with Gasteiger partial charge in [-0.15, -0.1) is 0 Å². The van der Waals surface area contributed by atoms with Crippen molar-refractivity contribution in [2.24, 2.45) is 5.92 Å². The van der Waals surface area contributed by atoms with Crippen molar-refractivity contribution in [2.45, 2.75) is 52.6 Å². The molecule has 3 nitrogen and oxygen atoms in total. The molecule has 15 heavy (non-hydrogen) atoms. The van der Waals surface area contributed by atoms with Crippen LogP contribution in [0.1, 0.15) is 47.0 Å². The standard InChI is InChI=1S/C12H25NO2/c1-6-10(7-2)9-13-11(14)8-12(3,4)15-5/h10H,6-9H2,1-5H3,(H,13,14). The van der Waals surface area contributed by atoms with Crippen LogP contribution in [0, 0.1) is 5.92 Å². The van der Waals surface area contributed by atoms with Gasteiger partial charge in [0.15, 0.2) is 0 Å². The van der Waals surface area contributed by atoms with Gasteiger partial charge in [0.2, 0.25) is 5.91 Å². The minimum absolute atomic E-state index is 0.0775. The molecule has 0 unspecified atom stereocenters. The number of methoxy groups -OCH3 is 1. The van der Waals surface area contributed by atoms with Gasteiger partial charge in [-0.3, -0.25) is 4.79 Å². The number of carbonyl (C=O) groups is 1. The van der Waals surface area contributed by atoms with E-state index in [1.165, 1.54) is 0 Å². The van der Waals surface area contributed by atoms with Gasteiger partial charge in [0.25, 0.3) is 0 Å².